The van der Waals surface area contributed by atoms with E-state index in [-0.39, 0.29) is 11.9 Å². The van der Waals surface area contributed by atoms with Crippen LogP contribution in [0.2, 0.25) is 0 Å². The standard InChI is InChI=1S/C14H20N2OS/c1-11(13-8-6-5-7-9-13)16(12(2)17)10-14(18)15(3)4/h5-9,11H,10H2,1-4H3. The molecule has 0 aromatic heterocycles. The van der Waals surface area contributed by atoms with Crippen molar-refractivity contribution >= 4 is 23.1 Å². The van der Waals surface area contributed by atoms with Crippen molar-refractivity contribution < 1.29 is 4.79 Å². The minimum absolute atomic E-state index is 0.0293. The van der Waals surface area contributed by atoms with E-state index in [0.717, 1.165) is 10.6 Å². The number of carbonyl (C=O) groups is 1. The first-order chi connectivity index (χ1) is 8.43. The summed E-state index contributed by atoms with van der Waals surface area (Å²) < 4.78 is 0. The van der Waals surface area contributed by atoms with Gasteiger partial charge in [0, 0.05) is 21.0 Å². The molecule has 0 N–H and O–H groups in total. The Morgan fingerprint density at radius 2 is 1.83 bits per heavy atom. The summed E-state index contributed by atoms with van der Waals surface area (Å²) in [6, 6.07) is 10.0. The molecule has 0 aliphatic heterocycles. The van der Waals surface area contributed by atoms with Crippen LogP contribution in [0.4, 0.5) is 0 Å². The summed E-state index contributed by atoms with van der Waals surface area (Å²) in [6.45, 7) is 4.08. The van der Waals surface area contributed by atoms with Gasteiger partial charge in [0.15, 0.2) is 0 Å². The molecule has 4 heteroatoms. The second-order valence-corrected chi connectivity index (χ2v) is 4.99. The highest BCUT2D eigenvalue weighted by atomic mass is 32.1. The average Bonchev–Trinajstić information content (AvgIpc) is 2.35. The van der Waals surface area contributed by atoms with Crippen LogP contribution in [-0.4, -0.2) is 41.3 Å². The van der Waals surface area contributed by atoms with Crippen molar-refractivity contribution in [3.05, 3.63) is 35.9 Å². The van der Waals surface area contributed by atoms with Crippen LogP contribution in [0, 0.1) is 0 Å². The van der Waals surface area contributed by atoms with Gasteiger partial charge in [-0.1, -0.05) is 42.5 Å². The van der Waals surface area contributed by atoms with Crippen LogP contribution in [0.1, 0.15) is 25.5 Å². The van der Waals surface area contributed by atoms with E-state index in [2.05, 4.69) is 0 Å². The summed E-state index contributed by atoms with van der Waals surface area (Å²) in [5, 5.41) is 0. The molecule has 1 atom stereocenters. The van der Waals surface area contributed by atoms with Crippen LogP contribution in [0.15, 0.2) is 30.3 Å². The van der Waals surface area contributed by atoms with Gasteiger partial charge in [0.1, 0.15) is 0 Å². The lowest BCUT2D eigenvalue weighted by molar-refractivity contribution is -0.130. The zero-order valence-corrected chi connectivity index (χ0v) is 12.2. The summed E-state index contributed by atoms with van der Waals surface area (Å²) in [5.41, 5.74) is 1.12. The van der Waals surface area contributed by atoms with Crippen molar-refractivity contribution in [1.82, 2.24) is 9.80 Å². The van der Waals surface area contributed by atoms with Crippen LogP contribution in [0.3, 0.4) is 0 Å². The van der Waals surface area contributed by atoms with Crippen molar-refractivity contribution in [3.63, 3.8) is 0 Å². The number of amides is 1. The fraction of sp³-hybridized carbons (Fsp3) is 0.429. The van der Waals surface area contributed by atoms with Gasteiger partial charge in [-0.05, 0) is 12.5 Å². The molecule has 1 rings (SSSR count). The fourth-order valence-corrected chi connectivity index (χ4v) is 1.86. The Morgan fingerprint density at radius 3 is 2.28 bits per heavy atom. The molecule has 0 saturated carbocycles. The third kappa shape index (κ3) is 3.81. The average molecular weight is 264 g/mol. The zero-order chi connectivity index (χ0) is 13.7. The second kappa shape index (κ2) is 6.50. The number of nitrogens with zero attached hydrogens (tertiary/aromatic N) is 2. The Balaban J connectivity index is 2.86. The van der Waals surface area contributed by atoms with Crippen molar-refractivity contribution in [2.24, 2.45) is 0 Å². The molecular formula is C14H20N2OS. The van der Waals surface area contributed by atoms with Crippen LogP contribution in [-0.2, 0) is 4.79 Å². The van der Waals surface area contributed by atoms with Gasteiger partial charge >= 0.3 is 0 Å². The molecule has 18 heavy (non-hydrogen) atoms. The van der Waals surface area contributed by atoms with Gasteiger partial charge in [-0.15, -0.1) is 0 Å². The molecule has 0 bridgehead atoms. The molecule has 1 aromatic rings. The fourth-order valence-electron chi connectivity index (χ4n) is 1.72. The molecule has 0 saturated heterocycles. The highest BCUT2D eigenvalue weighted by Gasteiger charge is 2.20. The quantitative estimate of drug-likeness (QED) is 0.781. The Bertz CT molecular complexity index is 417. The summed E-state index contributed by atoms with van der Waals surface area (Å²) in [6.07, 6.45) is 0. The van der Waals surface area contributed by atoms with E-state index < -0.39 is 0 Å². The number of thiocarbonyl (C=S) groups is 1. The second-order valence-electron chi connectivity index (χ2n) is 4.52. The highest BCUT2D eigenvalue weighted by Crippen LogP contribution is 2.20. The van der Waals surface area contributed by atoms with Crippen molar-refractivity contribution in [3.8, 4) is 0 Å². The highest BCUT2D eigenvalue weighted by molar-refractivity contribution is 7.80. The normalized spacial score (nSPS) is 11.8. The maximum absolute atomic E-state index is 11.8. The first kappa shape index (κ1) is 14.6. The third-order valence-corrected chi connectivity index (χ3v) is 3.45. The molecular weight excluding hydrogens is 244 g/mol. The van der Waals surface area contributed by atoms with Gasteiger partial charge in [-0.3, -0.25) is 4.79 Å². The van der Waals surface area contributed by atoms with Crippen molar-refractivity contribution in [2.45, 2.75) is 19.9 Å². The molecule has 0 spiro atoms. The van der Waals surface area contributed by atoms with Crippen molar-refractivity contribution in [2.75, 3.05) is 20.6 Å². The summed E-state index contributed by atoms with van der Waals surface area (Å²) in [4.78, 5) is 16.2. The number of likely N-dealkylation sites (N-methyl/N-ethyl adjacent to an activating group) is 1. The number of carbonyl (C=O) groups excluding carboxylic acids is 1. The van der Waals surface area contributed by atoms with E-state index >= 15 is 0 Å². The van der Waals surface area contributed by atoms with E-state index in [4.69, 9.17) is 12.2 Å². The Hall–Kier alpha value is -1.42. The monoisotopic (exact) mass is 264 g/mol. The Morgan fingerprint density at radius 1 is 1.28 bits per heavy atom. The van der Waals surface area contributed by atoms with E-state index in [1.165, 1.54) is 0 Å². The SMILES string of the molecule is CC(=O)N(CC(=S)N(C)C)C(C)c1ccccc1. The number of benzene rings is 1. The van der Waals surface area contributed by atoms with Crippen LogP contribution >= 0.6 is 12.2 Å². The molecule has 0 aliphatic carbocycles. The van der Waals surface area contributed by atoms with Gasteiger partial charge < -0.3 is 9.80 Å². The van der Waals surface area contributed by atoms with Gasteiger partial charge in [0.2, 0.25) is 5.91 Å². The molecule has 0 heterocycles. The lowest BCUT2D eigenvalue weighted by Crippen LogP contribution is -2.39. The molecule has 1 aromatic carbocycles. The Labute approximate surface area is 114 Å². The van der Waals surface area contributed by atoms with Crippen LogP contribution < -0.4 is 0 Å². The maximum Gasteiger partial charge on any atom is 0.220 e. The molecule has 3 nitrogen and oxygen atoms in total. The minimum Gasteiger partial charge on any atom is -0.371 e. The van der Waals surface area contributed by atoms with Gasteiger partial charge in [0.25, 0.3) is 0 Å². The third-order valence-electron chi connectivity index (χ3n) is 2.96. The minimum atomic E-state index is 0.0293. The largest absolute Gasteiger partial charge is 0.371 e. The van der Waals surface area contributed by atoms with Gasteiger partial charge in [0.05, 0.1) is 17.6 Å². The van der Waals surface area contributed by atoms with E-state index in [9.17, 15) is 4.79 Å². The van der Waals surface area contributed by atoms with E-state index in [1.54, 1.807) is 11.8 Å². The molecule has 98 valence electrons. The topological polar surface area (TPSA) is 23.6 Å². The maximum atomic E-state index is 11.8. The number of hydrogen-bond donors (Lipinski definition) is 0. The molecule has 1 amide bonds. The summed E-state index contributed by atoms with van der Waals surface area (Å²) in [5.74, 6) is 0.0375. The lowest BCUT2D eigenvalue weighted by Gasteiger charge is -2.30. The van der Waals surface area contributed by atoms with Gasteiger partial charge in [-0.25, -0.2) is 0 Å². The smallest absolute Gasteiger partial charge is 0.220 e. The number of rotatable bonds is 4. The Kier molecular flexibility index (Phi) is 5.28. The molecule has 0 aliphatic rings. The van der Waals surface area contributed by atoms with E-state index in [0.29, 0.717) is 6.54 Å². The summed E-state index contributed by atoms with van der Waals surface area (Å²) >= 11 is 5.27. The summed E-state index contributed by atoms with van der Waals surface area (Å²) in [7, 11) is 3.79. The predicted octanol–water partition coefficient (Wildman–Crippen LogP) is 2.49. The number of hydrogen-bond acceptors (Lipinski definition) is 2. The molecule has 1 unspecified atom stereocenters. The first-order valence-corrected chi connectivity index (χ1v) is 6.36. The predicted molar refractivity (Wildman–Crippen MR) is 78.5 cm³/mol. The molecule has 0 fully saturated rings. The van der Waals surface area contributed by atoms with Gasteiger partial charge in [-0.2, -0.15) is 0 Å². The first-order valence-electron chi connectivity index (χ1n) is 5.95. The van der Waals surface area contributed by atoms with Crippen LogP contribution in [0.25, 0.3) is 0 Å². The van der Waals surface area contributed by atoms with Crippen molar-refractivity contribution in [1.29, 1.82) is 0 Å². The molecule has 0 radical (unpaired) electrons. The zero-order valence-electron chi connectivity index (χ0n) is 11.4. The lowest BCUT2D eigenvalue weighted by atomic mass is 10.1. The van der Waals surface area contributed by atoms with E-state index in [1.807, 2.05) is 56.3 Å². The van der Waals surface area contributed by atoms with Crippen LogP contribution in [0.5, 0.6) is 0 Å².